The van der Waals surface area contributed by atoms with Crippen LogP contribution < -0.4 is 0 Å². The van der Waals surface area contributed by atoms with Crippen molar-refractivity contribution in [2.75, 3.05) is 0 Å². The number of hydrogen-bond acceptors (Lipinski definition) is 3. The average Bonchev–Trinajstić information content (AvgIpc) is 3.73. The second-order valence-corrected chi connectivity index (χ2v) is 20.9. The first-order valence-corrected chi connectivity index (χ1v) is 24.2. The van der Waals surface area contributed by atoms with Gasteiger partial charge in [-0.1, -0.05) is 185 Å². The van der Waals surface area contributed by atoms with Gasteiger partial charge in [-0.3, -0.25) is 9.55 Å². The molecule has 7 aromatic carbocycles. The lowest BCUT2D eigenvalue weighted by Gasteiger charge is -2.40. The molecule has 2 aromatic heterocycles. The summed E-state index contributed by atoms with van der Waals surface area (Å²) in [5, 5.41) is 12.4. The van der Waals surface area contributed by atoms with Crippen molar-refractivity contribution in [1.29, 1.82) is 0 Å². The summed E-state index contributed by atoms with van der Waals surface area (Å²) in [5.41, 5.74) is 18.0. The minimum absolute atomic E-state index is 0.00398. The quantitative estimate of drug-likeness (QED) is 0.141. The highest BCUT2D eigenvalue weighted by molar-refractivity contribution is 5.98. The summed E-state index contributed by atoms with van der Waals surface area (Å²) < 4.78 is 10.8. The number of imidazole rings is 1. The molecule has 0 radical (unpaired) electrons. The number of aromatic hydroxyl groups is 1. The maximum atomic E-state index is 12.4. The van der Waals surface area contributed by atoms with Crippen molar-refractivity contribution in [3.63, 3.8) is 0 Å². The summed E-state index contributed by atoms with van der Waals surface area (Å²) >= 11 is 0. The molecule has 0 saturated carbocycles. The normalized spacial score (nSPS) is 12.6. The highest BCUT2D eigenvalue weighted by Gasteiger charge is 2.35. The predicted octanol–water partition coefficient (Wildman–Crippen LogP) is 17.8. The van der Waals surface area contributed by atoms with E-state index in [2.05, 4.69) is 231 Å². The summed E-state index contributed by atoms with van der Waals surface area (Å²) in [6, 6.07) is 58.2. The van der Waals surface area contributed by atoms with Gasteiger partial charge in [0, 0.05) is 24.3 Å². The van der Waals surface area contributed by atoms with Crippen LogP contribution in [0.25, 0.3) is 83.9 Å². The second-order valence-electron chi connectivity index (χ2n) is 20.9. The van der Waals surface area contributed by atoms with Crippen LogP contribution in [0.4, 0.5) is 0 Å². The molecule has 0 aliphatic heterocycles. The molecular weight excluding hydrogens is 827 g/mol. The lowest BCUT2D eigenvalue weighted by Crippen LogP contribution is -2.34. The van der Waals surface area contributed by atoms with Crippen molar-refractivity contribution < 1.29 is 6.48 Å². The van der Waals surface area contributed by atoms with E-state index >= 15 is 0 Å². The summed E-state index contributed by atoms with van der Waals surface area (Å²) in [4.78, 5) is 10.7. The van der Waals surface area contributed by atoms with Crippen LogP contribution in [0.2, 0.25) is 0 Å². The molecule has 4 heteroatoms. The monoisotopic (exact) mass is 893 g/mol. The van der Waals surface area contributed by atoms with Gasteiger partial charge in [0.2, 0.25) is 0 Å². The smallest absolute Gasteiger partial charge is 0.149 e. The fourth-order valence-electron chi connectivity index (χ4n) is 9.27. The molecule has 0 aliphatic rings. The van der Waals surface area contributed by atoms with Gasteiger partial charge < -0.3 is 5.11 Å². The molecule has 1 N–H and O–H groups in total. The van der Waals surface area contributed by atoms with Crippen molar-refractivity contribution in [3.05, 3.63) is 192 Å². The summed E-state index contributed by atoms with van der Waals surface area (Å²) in [7, 11) is 0. The number of benzene rings is 7. The van der Waals surface area contributed by atoms with Crippen LogP contribution in [0.15, 0.2) is 170 Å². The summed E-state index contributed by atoms with van der Waals surface area (Å²) in [5.74, 6) is 0.596. The van der Waals surface area contributed by atoms with E-state index in [0.717, 1.165) is 89.2 Å². The van der Waals surface area contributed by atoms with E-state index in [0.29, 0.717) is 11.4 Å². The highest BCUT2D eigenvalue weighted by Crippen LogP contribution is 2.47. The third-order valence-electron chi connectivity index (χ3n) is 14.5. The van der Waals surface area contributed by atoms with E-state index in [9.17, 15) is 5.11 Å². The molecule has 0 unspecified atom stereocenters. The van der Waals surface area contributed by atoms with Gasteiger partial charge in [-0.15, -0.1) is 0 Å². The molecule has 68 heavy (non-hydrogen) atoms. The van der Waals surface area contributed by atoms with Crippen molar-refractivity contribution >= 4 is 11.0 Å². The second kappa shape index (κ2) is 18.2. The first-order chi connectivity index (χ1) is 32.8. The van der Waals surface area contributed by atoms with Gasteiger partial charge in [0.25, 0.3) is 0 Å². The highest BCUT2D eigenvalue weighted by atomic mass is 16.3. The van der Waals surface area contributed by atoms with E-state index in [1.165, 1.54) is 5.56 Å². The molecule has 2 heterocycles. The van der Waals surface area contributed by atoms with Crippen LogP contribution in [0.3, 0.4) is 0 Å². The summed E-state index contributed by atoms with van der Waals surface area (Å²) in [6.07, 6.45) is 1.89. The predicted molar refractivity (Wildman–Crippen MR) is 288 cm³/mol. The first-order valence-electron chi connectivity index (χ1n) is 24.7. The van der Waals surface area contributed by atoms with Gasteiger partial charge in [0.05, 0.1) is 28.0 Å². The minimum Gasteiger partial charge on any atom is -0.507 e. The van der Waals surface area contributed by atoms with E-state index in [1.807, 2.05) is 20.0 Å². The van der Waals surface area contributed by atoms with Gasteiger partial charge in [-0.05, 0) is 139 Å². The fraction of sp³-hybridized carbons (Fsp3) is 0.250. The largest absolute Gasteiger partial charge is 0.507 e. The molecular formula is C64H65N3O. The van der Waals surface area contributed by atoms with Crippen LogP contribution in [0, 0.1) is 5.41 Å². The maximum absolute atomic E-state index is 12.4. The summed E-state index contributed by atoms with van der Waals surface area (Å²) in [6.45, 7) is 24.2. The Morgan fingerprint density at radius 3 is 1.81 bits per heavy atom. The molecule has 9 rings (SSSR count). The lowest BCUT2D eigenvalue weighted by molar-refractivity contribution is 0.225. The SMILES string of the molecule is [2H]C(C)(C)c1ccc(-c2ccnc(-c3cc(-c4ccccc4)cc(-c4cccc5c4nc(-c4cc(C(C)C)cc(C(C)C)c4O)n5-c4ccc(C(C)(C)C(C)(C)C)cc4-c4ccccc4)c3)c2)cc1. The van der Waals surface area contributed by atoms with Crippen LogP contribution >= 0.6 is 0 Å². The Bertz CT molecular complexity index is 3310. The Morgan fingerprint density at radius 1 is 0.515 bits per heavy atom. The Kier molecular flexibility index (Phi) is 12.0. The fourth-order valence-corrected chi connectivity index (χ4v) is 9.27. The number of hydrogen-bond donors (Lipinski definition) is 1. The van der Waals surface area contributed by atoms with Crippen LogP contribution in [-0.4, -0.2) is 19.6 Å². The van der Waals surface area contributed by atoms with Gasteiger partial charge >= 0.3 is 0 Å². The number of pyridine rings is 1. The van der Waals surface area contributed by atoms with Crippen molar-refractivity contribution in [3.8, 4) is 78.6 Å². The Morgan fingerprint density at radius 2 is 1.16 bits per heavy atom. The third kappa shape index (κ3) is 8.69. The van der Waals surface area contributed by atoms with Crippen LogP contribution in [0.5, 0.6) is 5.75 Å². The lowest BCUT2D eigenvalue weighted by atomic mass is 9.65. The van der Waals surface area contributed by atoms with Gasteiger partial charge in [-0.25, -0.2) is 4.98 Å². The zero-order valence-corrected chi connectivity index (χ0v) is 41.6. The van der Waals surface area contributed by atoms with Crippen LogP contribution in [-0.2, 0) is 5.41 Å². The standard InChI is InChI=1S/C64H65N3O/c1-40(2)43-25-27-45(28-26-43)47-31-32-65-57(38-47)51-34-49(44-19-14-12-15-20-44)33-50(35-51)53-23-18-24-59-60(53)66-62(56-37-48(41(3)4)36-54(42(5)6)61(56)68)67(59)58-30-29-52(64(10,11)63(7,8)9)39-55(58)46-21-16-13-17-22-46/h12-42,68H,1-11H3/i40D. The number of para-hydroxylation sites is 1. The van der Waals surface area contributed by atoms with Crippen molar-refractivity contribution in [2.45, 2.75) is 99.3 Å². The number of nitrogens with zero attached hydrogens (tertiary/aromatic N) is 3. The first kappa shape index (κ1) is 44.8. The number of rotatable bonds is 11. The Labute approximate surface area is 405 Å². The van der Waals surface area contributed by atoms with Crippen molar-refractivity contribution in [1.82, 2.24) is 14.5 Å². The Hall–Kier alpha value is -7.04. The molecule has 0 aliphatic carbocycles. The molecule has 0 bridgehead atoms. The molecule has 342 valence electrons. The number of phenolic OH excluding ortho intramolecular Hbond substituents is 1. The van der Waals surface area contributed by atoms with Gasteiger partial charge in [0.1, 0.15) is 11.6 Å². The van der Waals surface area contributed by atoms with Gasteiger partial charge in [0.15, 0.2) is 0 Å². The molecule has 0 amide bonds. The Balaban J connectivity index is 1.33. The zero-order valence-electron chi connectivity index (χ0n) is 42.6. The van der Waals surface area contributed by atoms with Gasteiger partial charge in [-0.2, -0.15) is 0 Å². The van der Waals surface area contributed by atoms with E-state index in [1.54, 1.807) is 0 Å². The topological polar surface area (TPSA) is 50.9 Å². The average molecular weight is 893 g/mol. The van der Waals surface area contributed by atoms with Crippen LogP contribution in [0.1, 0.15) is 118 Å². The molecule has 0 atom stereocenters. The zero-order chi connectivity index (χ0) is 49.0. The van der Waals surface area contributed by atoms with E-state index < -0.39 is 5.89 Å². The van der Waals surface area contributed by atoms with E-state index in [-0.39, 0.29) is 28.4 Å². The number of fused-ring (bicyclic) bond motifs is 1. The molecule has 9 aromatic rings. The number of aromatic nitrogens is 3. The molecule has 4 nitrogen and oxygen atoms in total. The third-order valence-corrected chi connectivity index (χ3v) is 14.5. The maximum Gasteiger partial charge on any atom is 0.149 e. The molecule has 0 spiro atoms. The number of phenols is 1. The van der Waals surface area contributed by atoms with E-state index in [4.69, 9.17) is 11.3 Å². The minimum atomic E-state index is -0.677. The van der Waals surface area contributed by atoms with Crippen molar-refractivity contribution in [2.24, 2.45) is 5.41 Å². The molecule has 0 fully saturated rings. The molecule has 0 saturated heterocycles.